The highest BCUT2D eigenvalue weighted by Gasteiger charge is 2.29. The molecule has 1 heterocycles. The molecule has 1 aliphatic rings. The number of likely N-dealkylation sites (N-methyl/N-ethyl adjacent to an activating group) is 1. The van der Waals surface area contributed by atoms with Crippen LogP contribution in [-0.2, 0) is 11.4 Å². The van der Waals surface area contributed by atoms with Crippen LogP contribution in [0.2, 0.25) is 0 Å². The monoisotopic (exact) mass is 460 g/mol. The smallest absolute Gasteiger partial charge is 0.335 e. The molecule has 0 spiro atoms. The van der Waals surface area contributed by atoms with Crippen LogP contribution in [0.25, 0.3) is 6.08 Å². The number of thioether (sulfide) groups is 1. The number of rotatable bonds is 5. The fourth-order valence-corrected chi connectivity index (χ4v) is 4.02. The fraction of sp³-hybridized carbons (Fsp3) is 0.150. The molecule has 0 saturated carbocycles. The Morgan fingerprint density at radius 3 is 2.75 bits per heavy atom. The van der Waals surface area contributed by atoms with Gasteiger partial charge in [-0.05, 0) is 69.2 Å². The van der Waals surface area contributed by atoms with Gasteiger partial charge in [0.15, 0.2) is 5.17 Å². The summed E-state index contributed by atoms with van der Waals surface area (Å²) in [6, 6.07) is 12.2. The summed E-state index contributed by atoms with van der Waals surface area (Å²) < 4.78 is 6.54. The molecule has 28 heavy (non-hydrogen) atoms. The average molecular weight is 461 g/mol. The lowest BCUT2D eigenvalue weighted by atomic mass is 10.1. The zero-order chi connectivity index (χ0) is 20.3. The highest BCUT2D eigenvalue weighted by molar-refractivity contribution is 9.10. The molecule has 0 atom stereocenters. The minimum atomic E-state index is -0.971. The second-order valence-corrected chi connectivity index (χ2v) is 7.83. The Balaban J connectivity index is 1.73. The van der Waals surface area contributed by atoms with Crippen LogP contribution in [0, 0.1) is 0 Å². The molecule has 1 N–H and O–H groups in total. The van der Waals surface area contributed by atoms with Crippen LogP contribution in [0.3, 0.4) is 0 Å². The van der Waals surface area contributed by atoms with E-state index in [9.17, 15) is 9.59 Å². The Labute approximate surface area is 175 Å². The maximum atomic E-state index is 12.2. The molecule has 0 aliphatic carbocycles. The second-order valence-electron chi connectivity index (χ2n) is 5.97. The normalized spacial score (nSPS) is 16.8. The summed E-state index contributed by atoms with van der Waals surface area (Å²) in [4.78, 5) is 29.5. The number of hydrogen-bond donors (Lipinski definition) is 1. The van der Waals surface area contributed by atoms with Gasteiger partial charge in [-0.15, -0.1) is 0 Å². The Kier molecular flexibility index (Phi) is 6.21. The van der Waals surface area contributed by atoms with Crippen LogP contribution >= 0.6 is 27.7 Å². The number of nitrogens with zero attached hydrogens (tertiary/aromatic N) is 2. The maximum Gasteiger partial charge on any atom is 0.335 e. The standard InChI is InChI=1S/C20H17BrN2O4S/c1-22-20-23(2)18(24)17(28-20)10-12-6-7-16(15(21)9-12)27-11-13-4-3-5-14(8-13)19(25)26/h3-10H,11H2,1-2H3,(H,25,26)/b17-10+,22-20?. The Hall–Kier alpha value is -2.58. The van der Waals surface area contributed by atoms with Crippen LogP contribution in [0.1, 0.15) is 21.5 Å². The molecule has 1 aliphatic heterocycles. The molecule has 1 saturated heterocycles. The topological polar surface area (TPSA) is 79.2 Å². The summed E-state index contributed by atoms with van der Waals surface area (Å²) in [6.07, 6.45) is 1.81. The van der Waals surface area contributed by atoms with Crippen LogP contribution < -0.4 is 4.74 Å². The van der Waals surface area contributed by atoms with Gasteiger partial charge in [0.05, 0.1) is 14.9 Å². The number of amidine groups is 1. The number of aromatic carboxylic acids is 1. The molecule has 6 nitrogen and oxygen atoms in total. The quantitative estimate of drug-likeness (QED) is 0.674. The lowest BCUT2D eigenvalue weighted by molar-refractivity contribution is -0.121. The van der Waals surface area contributed by atoms with Crippen molar-refractivity contribution in [3.05, 3.63) is 68.5 Å². The number of carboxylic acid groups (broad SMARTS) is 1. The molecule has 0 radical (unpaired) electrons. The molecule has 8 heteroatoms. The molecule has 2 aromatic rings. The summed E-state index contributed by atoms with van der Waals surface area (Å²) in [5, 5.41) is 9.73. The number of amides is 1. The fourth-order valence-electron chi connectivity index (χ4n) is 2.58. The van der Waals surface area contributed by atoms with Gasteiger partial charge in [-0.3, -0.25) is 14.7 Å². The number of aliphatic imine (C=N–C) groups is 1. The molecule has 2 aromatic carbocycles. The number of carbonyl (C=O) groups is 2. The molecular formula is C20H17BrN2O4S. The summed E-state index contributed by atoms with van der Waals surface area (Å²) in [5.41, 5.74) is 1.84. The molecule has 1 fully saturated rings. The van der Waals surface area contributed by atoms with E-state index in [-0.39, 0.29) is 18.1 Å². The van der Waals surface area contributed by atoms with Gasteiger partial charge < -0.3 is 9.84 Å². The molecule has 0 unspecified atom stereocenters. The molecule has 3 rings (SSSR count). The Bertz CT molecular complexity index is 1000. The van der Waals surface area contributed by atoms with Gasteiger partial charge in [-0.1, -0.05) is 18.2 Å². The minimum Gasteiger partial charge on any atom is -0.488 e. The number of carbonyl (C=O) groups excluding carboxylic acids is 1. The first-order valence-electron chi connectivity index (χ1n) is 8.28. The highest BCUT2D eigenvalue weighted by Crippen LogP contribution is 2.33. The Morgan fingerprint density at radius 1 is 1.32 bits per heavy atom. The number of hydrogen-bond acceptors (Lipinski definition) is 5. The summed E-state index contributed by atoms with van der Waals surface area (Å²) in [6.45, 7) is 0.246. The lowest BCUT2D eigenvalue weighted by Crippen LogP contribution is -2.23. The van der Waals surface area contributed by atoms with Crippen molar-refractivity contribution in [2.45, 2.75) is 6.61 Å². The van der Waals surface area contributed by atoms with Crippen LogP contribution in [0.15, 0.2) is 56.8 Å². The molecule has 1 amide bonds. The maximum absolute atomic E-state index is 12.2. The van der Waals surface area contributed by atoms with Crippen LogP contribution in [-0.4, -0.2) is 41.1 Å². The first-order chi connectivity index (χ1) is 13.4. The predicted molar refractivity (Wildman–Crippen MR) is 114 cm³/mol. The van der Waals surface area contributed by atoms with Gasteiger partial charge in [0.1, 0.15) is 12.4 Å². The lowest BCUT2D eigenvalue weighted by Gasteiger charge is -2.09. The van der Waals surface area contributed by atoms with Gasteiger partial charge in [-0.2, -0.15) is 0 Å². The predicted octanol–water partition coefficient (Wildman–Crippen LogP) is 4.26. The van der Waals surface area contributed by atoms with E-state index in [0.717, 1.165) is 15.6 Å². The zero-order valence-corrected chi connectivity index (χ0v) is 17.6. The van der Waals surface area contributed by atoms with Gasteiger partial charge >= 0.3 is 5.97 Å². The van der Waals surface area contributed by atoms with E-state index in [4.69, 9.17) is 9.84 Å². The number of halogens is 1. The van der Waals surface area contributed by atoms with Gasteiger partial charge in [0.25, 0.3) is 5.91 Å². The first-order valence-corrected chi connectivity index (χ1v) is 9.89. The average Bonchev–Trinajstić information content (AvgIpc) is 2.95. The first kappa shape index (κ1) is 20.2. The minimum absolute atomic E-state index is 0.0830. The van der Waals surface area contributed by atoms with Crippen molar-refractivity contribution in [3.8, 4) is 5.75 Å². The van der Waals surface area contributed by atoms with Gasteiger partial charge in [0.2, 0.25) is 0 Å². The summed E-state index contributed by atoms with van der Waals surface area (Å²) >= 11 is 4.82. The third-order valence-electron chi connectivity index (χ3n) is 4.02. The summed E-state index contributed by atoms with van der Waals surface area (Å²) in [7, 11) is 3.36. The van der Waals surface area contributed by atoms with Crippen LogP contribution in [0.4, 0.5) is 0 Å². The zero-order valence-electron chi connectivity index (χ0n) is 15.2. The van der Waals surface area contributed by atoms with Gasteiger partial charge in [-0.25, -0.2) is 4.79 Å². The summed E-state index contributed by atoms with van der Waals surface area (Å²) in [5.74, 6) is -0.428. The van der Waals surface area contributed by atoms with E-state index in [2.05, 4.69) is 20.9 Å². The van der Waals surface area contributed by atoms with E-state index in [1.54, 1.807) is 38.4 Å². The van der Waals surface area contributed by atoms with Crippen molar-refractivity contribution in [2.75, 3.05) is 14.1 Å². The number of benzene rings is 2. The van der Waals surface area contributed by atoms with E-state index in [1.807, 2.05) is 24.3 Å². The molecular weight excluding hydrogens is 444 g/mol. The van der Waals surface area contributed by atoms with Crippen molar-refractivity contribution < 1.29 is 19.4 Å². The molecule has 144 valence electrons. The van der Waals surface area contributed by atoms with Gasteiger partial charge in [0, 0.05) is 14.1 Å². The number of carboxylic acids is 1. The third-order valence-corrected chi connectivity index (χ3v) is 5.79. The van der Waals surface area contributed by atoms with Crippen molar-refractivity contribution >= 4 is 50.8 Å². The van der Waals surface area contributed by atoms with Crippen molar-refractivity contribution in [1.29, 1.82) is 0 Å². The van der Waals surface area contributed by atoms with Crippen molar-refractivity contribution in [2.24, 2.45) is 4.99 Å². The Morgan fingerprint density at radius 2 is 2.11 bits per heavy atom. The SMILES string of the molecule is CN=C1S/C(=C/c2ccc(OCc3cccc(C(=O)O)c3)c(Br)c2)C(=O)N1C. The molecule has 0 bridgehead atoms. The van der Waals surface area contributed by atoms with Crippen LogP contribution in [0.5, 0.6) is 5.75 Å². The second kappa shape index (κ2) is 8.62. The largest absolute Gasteiger partial charge is 0.488 e. The number of ether oxygens (including phenoxy) is 1. The third kappa shape index (κ3) is 4.45. The van der Waals surface area contributed by atoms with E-state index >= 15 is 0 Å². The highest BCUT2D eigenvalue weighted by atomic mass is 79.9. The molecule has 0 aromatic heterocycles. The van der Waals surface area contributed by atoms with Crippen molar-refractivity contribution in [3.63, 3.8) is 0 Å². The van der Waals surface area contributed by atoms with E-state index in [0.29, 0.717) is 15.8 Å². The van der Waals surface area contributed by atoms with E-state index in [1.165, 1.54) is 16.7 Å². The van der Waals surface area contributed by atoms with Crippen molar-refractivity contribution in [1.82, 2.24) is 4.90 Å². The van der Waals surface area contributed by atoms with E-state index < -0.39 is 5.97 Å².